The van der Waals surface area contributed by atoms with Gasteiger partial charge >= 0.3 is 0 Å². The third-order valence-electron chi connectivity index (χ3n) is 5.52. The van der Waals surface area contributed by atoms with Crippen LogP contribution in [0.4, 0.5) is 0 Å². The molecular weight excluding hydrogens is 366 g/mol. The minimum absolute atomic E-state index is 0.379. The van der Waals surface area contributed by atoms with E-state index in [0.29, 0.717) is 0 Å². The predicted octanol–water partition coefficient (Wildman–Crippen LogP) is 5.77. The second-order valence-corrected chi connectivity index (χ2v) is 7.96. The monoisotopic (exact) mass is 390 g/mol. The van der Waals surface area contributed by atoms with Gasteiger partial charge in [-0.15, -0.1) is 0 Å². The number of rotatable bonds is 7. The molecule has 3 aromatic rings. The van der Waals surface area contributed by atoms with Crippen molar-refractivity contribution in [1.82, 2.24) is 4.72 Å². The Hall–Kier alpha value is -2.27. The van der Waals surface area contributed by atoms with E-state index in [-0.39, 0.29) is 6.04 Å². The average Bonchev–Trinajstić information content (AvgIpc) is 2.71. The molecule has 0 radical (unpaired) electrons. The van der Waals surface area contributed by atoms with E-state index in [1.54, 1.807) is 0 Å². The summed E-state index contributed by atoms with van der Waals surface area (Å²) in [5, 5.41) is 2.32. The second-order valence-electron chi connectivity index (χ2n) is 7.25. The highest BCUT2D eigenvalue weighted by atomic mass is 32.2. The Morgan fingerprint density at radius 3 is 2.43 bits per heavy atom. The highest BCUT2D eigenvalue weighted by Crippen LogP contribution is 2.47. The molecule has 2 unspecified atom stereocenters. The summed E-state index contributed by atoms with van der Waals surface area (Å²) >= 11 is -2.36. The lowest BCUT2D eigenvalue weighted by atomic mass is 9.77. The standard InChI is InChI=1S/C24H25NO2S/c1-2-3-5-14-20-19-15-8-12-17-13-9-16-21(22(17)19)24(25-28(26)27)23(20)18-10-6-4-7-11-18/h4,6-13,15-16,24-25H,2-3,5,14H2,1H3,(H,26,27)/p-1. The van der Waals surface area contributed by atoms with Gasteiger partial charge in [0.15, 0.2) is 0 Å². The summed E-state index contributed by atoms with van der Waals surface area (Å²) in [4.78, 5) is 0. The molecule has 0 aromatic heterocycles. The van der Waals surface area contributed by atoms with Crippen LogP contribution in [-0.4, -0.2) is 8.76 Å². The minimum atomic E-state index is -2.36. The molecule has 28 heavy (non-hydrogen) atoms. The Kier molecular flexibility index (Phi) is 5.72. The Morgan fingerprint density at radius 2 is 1.71 bits per heavy atom. The first-order chi connectivity index (χ1) is 13.7. The van der Waals surface area contributed by atoms with E-state index < -0.39 is 11.3 Å². The van der Waals surface area contributed by atoms with Gasteiger partial charge in [-0.05, 0) is 51.5 Å². The van der Waals surface area contributed by atoms with Crippen molar-refractivity contribution in [3.05, 3.63) is 83.4 Å². The first-order valence-corrected chi connectivity index (χ1v) is 10.9. The molecule has 144 valence electrons. The van der Waals surface area contributed by atoms with Gasteiger partial charge in [0.25, 0.3) is 0 Å². The molecule has 0 aliphatic heterocycles. The fraction of sp³-hybridized carbons (Fsp3) is 0.250. The van der Waals surface area contributed by atoms with Crippen LogP contribution < -0.4 is 4.72 Å². The van der Waals surface area contributed by atoms with Gasteiger partial charge in [0.05, 0.1) is 6.04 Å². The van der Waals surface area contributed by atoms with Crippen LogP contribution in [0.1, 0.15) is 55.3 Å². The van der Waals surface area contributed by atoms with Crippen LogP contribution in [0.2, 0.25) is 0 Å². The Balaban J connectivity index is 2.00. The lowest BCUT2D eigenvalue weighted by Gasteiger charge is -2.33. The highest BCUT2D eigenvalue weighted by molar-refractivity contribution is 7.77. The summed E-state index contributed by atoms with van der Waals surface area (Å²) in [5.41, 5.74) is 5.66. The van der Waals surface area contributed by atoms with Crippen molar-refractivity contribution in [3.8, 4) is 0 Å². The van der Waals surface area contributed by atoms with Crippen molar-refractivity contribution in [2.75, 3.05) is 0 Å². The molecule has 0 amide bonds. The van der Waals surface area contributed by atoms with Crippen LogP contribution >= 0.6 is 0 Å². The van der Waals surface area contributed by atoms with Crippen molar-refractivity contribution in [2.24, 2.45) is 0 Å². The lowest BCUT2D eigenvalue weighted by Crippen LogP contribution is -2.27. The molecule has 0 saturated carbocycles. The fourth-order valence-electron chi connectivity index (χ4n) is 4.34. The number of hydrogen-bond acceptors (Lipinski definition) is 2. The minimum Gasteiger partial charge on any atom is -0.760 e. The zero-order chi connectivity index (χ0) is 19.5. The molecule has 0 bridgehead atoms. The van der Waals surface area contributed by atoms with E-state index in [1.165, 1.54) is 16.5 Å². The average molecular weight is 391 g/mol. The number of unbranched alkanes of at least 4 members (excludes halogenated alkanes) is 2. The van der Waals surface area contributed by atoms with E-state index in [1.807, 2.05) is 30.3 Å². The first-order valence-electron chi connectivity index (χ1n) is 9.86. The van der Waals surface area contributed by atoms with Crippen molar-refractivity contribution >= 4 is 33.2 Å². The van der Waals surface area contributed by atoms with Crippen molar-refractivity contribution < 1.29 is 8.76 Å². The Bertz CT molecular complexity index is 1040. The van der Waals surface area contributed by atoms with Crippen molar-refractivity contribution in [2.45, 2.75) is 38.6 Å². The van der Waals surface area contributed by atoms with Gasteiger partial charge in [-0.1, -0.05) is 86.5 Å². The molecule has 0 fully saturated rings. The number of nitrogens with one attached hydrogen (secondary N) is 1. The van der Waals surface area contributed by atoms with Gasteiger partial charge < -0.3 is 4.55 Å². The molecule has 4 rings (SSSR count). The van der Waals surface area contributed by atoms with Crippen LogP contribution in [0.25, 0.3) is 21.9 Å². The molecule has 3 nitrogen and oxygen atoms in total. The maximum absolute atomic E-state index is 11.7. The van der Waals surface area contributed by atoms with Crippen LogP contribution in [-0.2, 0) is 11.3 Å². The van der Waals surface area contributed by atoms with E-state index in [9.17, 15) is 8.76 Å². The largest absolute Gasteiger partial charge is 0.760 e. The smallest absolute Gasteiger partial charge is 0.0699 e. The molecule has 2 atom stereocenters. The third kappa shape index (κ3) is 3.55. The Morgan fingerprint density at radius 1 is 0.964 bits per heavy atom. The zero-order valence-corrected chi connectivity index (χ0v) is 16.8. The van der Waals surface area contributed by atoms with Crippen LogP contribution in [0.15, 0.2) is 66.7 Å². The molecule has 3 aromatic carbocycles. The molecule has 1 aliphatic rings. The third-order valence-corrected chi connectivity index (χ3v) is 5.94. The molecule has 1 N–H and O–H groups in total. The van der Waals surface area contributed by atoms with Gasteiger partial charge in [0.2, 0.25) is 0 Å². The quantitative estimate of drug-likeness (QED) is 0.411. The van der Waals surface area contributed by atoms with E-state index >= 15 is 0 Å². The summed E-state index contributed by atoms with van der Waals surface area (Å²) in [5.74, 6) is 0. The normalized spacial score (nSPS) is 17.1. The number of hydrogen-bond donors (Lipinski definition) is 1. The molecule has 1 aliphatic carbocycles. The van der Waals surface area contributed by atoms with E-state index in [2.05, 4.69) is 48.0 Å². The van der Waals surface area contributed by atoms with Crippen LogP contribution in [0, 0.1) is 0 Å². The Labute approximate surface area is 168 Å². The van der Waals surface area contributed by atoms with Gasteiger partial charge in [-0.3, -0.25) is 4.21 Å². The number of benzene rings is 3. The SMILES string of the molecule is CCCCCC1=C(c2ccccc2)C(NS(=O)[O-])c2cccc3cccc1c23. The molecule has 0 spiro atoms. The predicted molar refractivity (Wildman–Crippen MR) is 116 cm³/mol. The molecule has 0 heterocycles. The summed E-state index contributed by atoms with van der Waals surface area (Å²) in [6.45, 7) is 2.20. The fourth-order valence-corrected chi connectivity index (χ4v) is 4.77. The van der Waals surface area contributed by atoms with Crippen molar-refractivity contribution in [3.63, 3.8) is 0 Å². The maximum atomic E-state index is 11.7. The van der Waals surface area contributed by atoms with E-state index in [4.69, 9.17) is 0 Å². The maximum Gasteiger partial charge on any atom is 0.0699 e. The van der Waals surface area contributed by atoms with Gasteiger partial charge in [0, 0.05) is 11.3 Å². The van der Waals surface area contributed by atoms with Crippen LogP contribution in [0.5, 0.6) is 0 Å². The molecular formula is C24H24NO2S-. The van der Waals surface area contributed by atoms with E-state index in [0.717, 1.165) is 47.8 Å². The summed E-state index contributed by atoms with van der Waals surface area (Å²) < 4.78 is 26.2. The van der Waals surface area contributed by atoms with Gasteiger partial charge in [-0.2, -0.15) is 0 Å². The van der Waals surface area contributed by atoms with Gasteiger partial charge in [0.1, 0.15) is 0 Å². The lowest BCUT2D eigenvalue weighted by molar-refractivity contribution is 0.518. The first kappa shape index (κ1) is 19.1. The zero-order valence-electron chi connectivity index (χ0n) is 16.0. The second kappa shape index (κ2) is 8.39. The number of allylic oxidation sites excluding steroid dienone is 1. The van der Waals surface area contributed by atoms with Crippen LogP contribution in [0.3, 0.4) is 0 Å². The molecule has 0 saturated heterocycles. The van der Waals surface area contributed by atoms with Crippen molar-refractivity contribution in [1.29, 1.82) is 0 Å². The molecule has 4 heteroatoms. The van der Waals surface area contributed by atoms with Gasteiger partial charge in [-0.25, -0.2) is 4.72 Å². The summed E-state index contributed by atoms with van der Waals surface area (Å²) in [7, 11) is 0. The summed E-state index contributed by atoms with van der Waals surface area (Å²) in [6, 6.07) is 22.3. The highest BCUT2D eigenvalue weighted by Gasteiger charge is 2.29. The topological polar surface area (TPSA) is 52.2 Å². The summed E-state index contributed by atoms with van der Waals surface area (Å²) in [6.07, 6.45) is 4.35.